The lowest BCUT2D eigenvalue weighted by molar-refractivity contribution is 0.256. The zero-order valence-corrected chi connectivity index (χ0v) is 17.0. The second-order valence-corrected chi connectivity index (χ2v) is 7.59. The first-order valence-electron chi connectivity index (χ1n) is 9.43. The van der Waals surface area contributed by atoms with E-state index >= 15 is 0 Å². The molecule has 146 valence electrons. The predicted molar refractivity (Wildman–Crippen MR) is 116 cm³/mol. The number of aromatic nitrogens is 3. The largest absolute Gasteiger partial charge is 0.384 e. The van der Waals surface area contributed by atoms with Crippen molar-refractivity contribution in [2.24, 2.45) is 0 Å². The minimum atomic E-state index is 0.303. The van der Waals surface area contributed by atoms with Crippen LogP contribution in [0.2, 0.25) is 10.3 Å². The van der Waals surface area contributed by atoms with Crippen molar-refractivity contribution in [1.29, 1.82) is 0 Å². The zero-order chi connectivity index (χ0) is 19.3. The highest BCUT2D eigenvalue weighted by Gasteiger charge is 2.17. The highest BCUT2D eigenvalue weighted by atomic mass is 35.5. The Balaban J connectivity index is 1.24. The third-order valence-corrected chi connectivity index (χ3v) is 5.40. The Morgan fingerprint density at radius 1 is 0.964 bits per heavy atom. The number of benzene rings is 1. The van der Waals surface area contributed by atoms with Crippen LogP contribution in [0.15, 0.2) is 42.7 Å². The van der Waals surface area contributed by atoms with Crippen molar-refractivity contribution in [3.63, 3.8) is 0 Å². The van der Waals surface area contributed by atoms with E-state index in [0.29, 0.717) is 10.3 Å². The van der Waals surface area contributed by atoms with E-state index in [1.54, 1.807) is 6.20 Å². The van der Waals surface area contributed by atoms with E-state index in [4.69, 9.17) is 23.2 Å². The maximum Gasteiger partial charge on any atom is 0.224 e. The average Bonchev–Trinajstić information content (AvgIpc) is 2.71. The van der Waals surface area contributed by atoms with Gasteiger partial charge in [-0.3, -0.25) is 9.88 Å². The molecule has 0 saturated carbocycles. The second kappa shape index (κ2) is 8.90. The molecule has 0 unspecified atom stereocenters. The zero-order valence-electron chi connectivity index (χ0n) is 15.5. The van der Waals surface area contributed by atoms with Crippen LogP contribution in [0, 0.1) is 0 Å². The topological polar surface area (TPSA) is 57.2 Å². The number of fused-ring (bicyclic) bond motifs is 1. The number of anilines is 2. The van der Waals surface area contributed by atoms with Crippen LogP contribution in [0.25, 0.3) is 10.9 Å². The number of rotatable bonds is 6. The van der Waals surface area contributed by atoms with Crippen LogP contribution in [-0.4, -0.2) is 59.1 Å². The molecule has 1 aromatic carbocycles. The summed E-state index contributed by atoms with van der Waals surface area (Å²) in [4.78, 5) is 17.4. The second-order valence-electron chi connectivity index (χ2n) is 6.81. The van der Waals surface area contributed by atoms with Gasteiger partial charge in [0.25, 0.3) is 0 Å². The van der Waals surface area contributed by atoms with Gasteiger partial charge in [0.1, 0.15) is 5.82 Å². The lowest BCUT2D eigenvalue weighted by Gasteiger charge is -2.35. The summed E-state index contributed by atoms with van der Waals surface area (Å²) in [6, 6.07) is 9.75. The summed E-state index contributed by atoms with van der Waals surface area (Å²) in [5.74, 6) is 0.908. The van der Waals surface area contributed by atoms with Gasteiger partial charge < -0.3 is 10.2 Å². The predicted octanol–water partition coefficient (Wildman–Crippen LogP) is 3.96. The maximum absolute atomic E-state index is 6.06. The molecular weight excluding hydrogens is 395 g/mol. The molecule has 1 fully saturated rings. The average molecular weight is 417 g/mol. The third kappa shape index (κ3) is 4.63. The number of pyridine rings is 1. The van der Waals surface area contributed by atoms with Crippen molar-refractivity contribution in [1.82, 2.24) is 19.9 Å². The fourth-order valence-corrected chi connectivity index (χ4v) is 3.81. The molecule has 1 aliphatic rings. The van der Waals surface area contributed by atoms with Gasteiger partial charge in [-0.2, -0.15) is 0 Å². The first-order chi connectivity index (χ1) is 13.7. The van der Waals surface area contributed by atoms with E-state index in [-0.39, 0.29) is 0 Å². The van der Waals surface area contributed by atoms with Crippen LogP contribution in [-0.2, 0) is 0 Å². The number of nitrogens with zero attached hydrogens (tertiary/aromatic N) is 5. The van der Waals surface area contributed by atoms with Crippen molar-refractivity contribution in [2.45, 2.75) is 6.42 Å². The Labute approximate surface area is 174 Å². The van der Waals surface area contributed by atoms with Gasteiger partial charge in [0.2, 0.25) is 5.28 Å². The summed E-state index contributed by atoms with van der Waals surface area (Å²) >= 11 is 12.0. The van der Waals surface area contributed by atoms with Crippen molar-refractivity contribution in [2.75, 3.05) is 49.5 Å². The quantitative estimate of drug-likeness (QED) is 0.484. The number of hydrogen-bond donors (Lipinski definition) is 1. The molecule has 1 aliphatic heterocycles. The van der Waals surface area contributed by atoms with Gasteiger partial charge >= 0.3 is 0 Å². The van der Waals surface area contributed by atoms with Crippen molar-refractivity contribution >= 4 is 45.6 Å². The number of nitrogens with one attached hydrogen (secondary N) is 1. The van der Waals surface area contributed by atoms with Crippen molar-refractivity contribution in [3.05, 3.63) is 53.0 Å². The summed E-state index contributed by atoms with van der Waals surface area (Å²) in [7, 11) is 0. The molecule has 3 aromatic rings. The van der Waals surface area contributed by atoms with E-state index in [1.807, 2.05) is 36.5 Å². The minimum Gasteiger partial charge on any atom is -0.384 e. The Morgan fingerprint density at radius 3 is 2.61 bits per heavy atom. The van der Waals surface area contributed by atoms with Crippen LogP contribution in [0.5, 0.6) is 0 Å². The first kappa shape index (κ1) is 19.2. The monoisotopic (exact) mass is 416 g/mol. The molecule has 0 amide bonds. The van der Waals surface area contributed by atoms with Crippen molar-refractivity contribution < 1.29 is 0 Å². The van der Waals surface area contributed by atoms with Gasteiger partial charge in [0, 0.05) is 61.2 Å². The molecule has 0 spiro atoms. The van der Waals surface area contributed by atoms with E-state index < -0.39 is 0 Å². The molecule has 8 heteroatoms. The standard InChI is InChI=1S/C20H22Cl2N6/c21-15-2-3-16-17(4-7-24-18(16)14-15)23-6-1-9-27-10-12-28(13-11-27)19-5-8-25-20(22)26-19/h2-5,7-8,14H,1,6,9-13H2,(H,23,24). The van der Waals surface area contributed by atoms with E-state index in [9.17, 15) is 0 Å². The normalized spacial score (nSPS) is 15.1. The van der Waals surface area contributed by atoms with Gasteiger partial charge in [-0.25, -0.2) is 9.97 Å². The minimum absolute atomic E-state index is 0.303. The number of piperazine rings is 1. The highest BCUT2D eigenvalue weighted by Crippen LogP contribution is 2.24. The maximum atomic E-state index is 6.06. The van der Waals surface area contributed by atoms with E-state index in [0.717, 1.165) is 68.1 Å². The van der Waals surface area contributed by atoms with Crippen LogP contribution < -0.4 is 10.2 Å². The lowest BCUT2D eigenvalue weighted by Crippen LogP contribution is -2.47. The highest BCUT2D eigenvalue weighted by molar-refractivity contribution is 6.31. The molecule has 0 aliphatic carbocycles. The summed E-state index contributed by atoms with van der Waals surface area (Å²) in [5, 5.41) is 5.65. The molecule has 0 radical (unpaired) electrons. The molecule has 28 heavy (non-hydrogen) atoms. The Hall–Kier alpha value is -2.15. The fraction of sp³-hybridized carbons (Fsp3) is 0.350. The van der Waals surface area contributed by atoms with Gasteiger partial charge in [0.15, 0.2) is 0 Å². The molecule has 1 N–H and O–H groups in total. The van der Waals surface area contributed by atoms with Crippen LogP contribution >= 0.6 is 23.2 Å². The molecule has 0 bridgehead atoms. The fourth-order valence-electron chi connectivity index (χ4n) is 3.50. The van der Waals surface area contributed by atoms with Gasteiger partial charge in [-0.15, -0.1) is 0 Å². The third-order valence-electron chi connectivity index (χ3n) is 4.98. The van der Waals surface area contributed by atoms with Gasteiger partial charge in [0.05, 0.1) is 5.52 Å². The molecule has 3 heterocycles. The molecule has 1 saturated heterocycles. The van der Waals surface area contributed by atoms with Crippen LogP contribution in [0.3, 0.4) is 0 Å². The summed E-state index contributed by atoms with van der Waals surface area (Å²) < 4.78 is 0. The van der Waals surface area contributed by atoms with E-state index in [1.165, 1.54) is 0 Å². The van der Waals surface area contributed by atoms with Gasteiger partial charge in [-0.1, -0.05) is 11.6 Å². The molecular formula is C20H22Cl2N6. The SMILES string of the molecule is Clc1ccc2c(NCCCN3CCN(c4ccnc(Cl)n4)CC3)ccnc2c1. The van der Waals surface area contributed by atoms with E-state index in [2.05, 4.69) is 30.1 Å². The van der Waals surface area contributed by atoms with Crippen LogP contribution in [0.4, 0.5) is 11.5 Å². The lowest BCUT2D eigenvalue weighted by atomic mass is 10.2. The Kier molecular flexibility index (Phi) is 6.10. The summed E-state index contributed by atoms with van der Waals surface area (Å²) in [6.07, 6.45) is 4.61. The molecule has 4 rings (SSSR count). The van der Waals surface area contributed by atoms with Crippen molar-refractivity contribution in [3.8, 4) is 0 Å². The van der Waals surface area contributed by atoms with Gasteiger partial charge in [-0.05, 0) is 54.9 Å². The summed E-state index contributed by atoms with van der Waals surface area (Å²) in [6.45, 7) is 5.95. The summed E-state index contributed by atoms with van der Waals surface area (Å²) in [5.41, 5.74) is 2.02. The Bertz CT molecular complexity index is 943. The first-order valence-corrected chi connectivity index (χ1v) is 10.2. The molecule has 0 atom stereocenters. The molecule has 6 nitrogen and oxygen atoms in total. The smallest absolute Gasteiger partial charge is 0.224 e. The van der Waals surface area contributed by atoms with Crippen LogP contribution in [0.1, 0.15) is 6.42 Å². The Morgan fingerprint density at radius 2 is 1.79 bits per heavy atom. The molecule has 2 aromatic heterocycles. The number of halogens is 2. The number of hydrogen-bond acceptors (Lipinski definition) is 6.